The maximum atomic E-state index is 9.77. The van der Waals surface area contributed by atoms with Gasteiger partial charge in [-0.2, -0.15) is 4.98 Å². The van der Waals surface area contributed by atoms with Crippen LogP contribution in [-0.4, -0.2) is 28.9 Å². The molecule has 0 unspecified atom stereocenters. The van der Waals surface area contributed by atoms with E-state index in [0.29, 0.717) is 18.8 Å². The zero-order valence-corrected chi connectivity index (χ0v) is 10.8. The molecule has 1 aromatic rings. The first-order valence-corrected chi connectivity index (χ1v) is 6.49. The number of methoxy groups -OCH3 is 1. The number of nitrogens with two attached hydrogens (primary N) is 1. The molecular weight excluding hydrogens is 234 g/mol. The van der Waals surface area contributed by atoms with E-state index >= 15 is 0 Å². The maximum Gasteiger partial charge on any atom is 0.255 e. The largest absolute Gasteiger partial charge is 0.383 e. The lowest BCUT2D eigenvalue weighted by atomic mass is 9.84. The first-order valence-electron chi connectivity index (χ1n) is 6.49. The highest BCUT2D eigenvalue weighted by molar-refractivity contribution is 5.04. The second kappa shape index (κ2) is 5.77. The molecule has 0 saturated heterocycles. The second-order valence-corrected chi connectivity index (χ2v) is 4.81. The topological polar surface area (TPSA) is 94.4 Å². The molecule has 1 fully saturated rings. The number of ether oxygens (including phenoxy) is 1. The third-order valence-corrected chi connectivity index (χ3v) is 3.63. The van der Waals surface area contributed by atoms with Crippen LogP contribution in [0.1, 0.15) is 56.3 Å². The Labute approximate surface area is 107 Å². The Morgan fingerprint density at radius 3 is 2.78 bits per heavy atom. The maximum absolute atomic E-state index is 9.77. The first kappa shape index (κ1) is 13.5. The number of nitrogens with zero attached hydrogens (tertiary/aromatic N) is 2. The third-order valence-electron chi connectivity index (χ3n) is 3.63. The van der Waals surface area contributed by atoms with E-state index in [2.05, 4.69) is 10.1 Å². The molecule has 6 heteroatoms. The van der Waals surface area contributed by atoms with Crippen LogP contribution in [0.4, 0.5) is 0 Å². The van der Waals surface area contributed by atoms with Gasteiger partial charge in [0.25, 0.3) is 5.89 Å². The van der Waals surface area contributed by atoms with Gasteiger partial charge in [-0.15, -0.1) is 0 Å². The molecule has 0 spiro atoms. The van der Waals surface area contributed by atoms with Gasteiger partial charge in [-0.1, -0.05) is 24.4 Å². The Morgan fingerprint density at radius 1 is 1.44 bits per heavy atom. The number of aliphatic hydroxyl groups excluding tert-OH is 1. The molecule has 1 heterocycles. The molecule has 6 nitrogen and oxygen atoms in total. The lowest BCUT2D eigenvalue weighted by molar-refractivity contribution is -0.0527. The van der Waals surface area contributed by atoms with E-state index in [1.807, 2.05) is 0 Å². The van der Waals surface area contributed by atoms with Gasteiger partial charge in [-0.25, -0.2) is 0 Å². The second-order valence-electron chi connectivity index (χ2n) is 4.81. The monoisotopic (exact) mass is 255 g/mol. The van der Waals surface area contributed by atoms with Crippen molar-refractivity contribution in [1.29, 1.82) is 0 Å². The van der Waals surface area contributed by atoms with Crippen molar-refractivity contribution in [3.05, 3.63) is 11.7 Å². The molecular formula is C12H21N3O3. The molecule has 0 radical (unpaired) electrons. The summed E-state index contributed by atoms with van der Waals surface area (Å²) in [6, 6.07) is 0. The molecule has 0 aromatic carbocycles. The number of aromatic nitrogens is 2. The number of hydrogen-bond acceptors (Lipinski definition) is 6. The molecule has 0 aliphatic heterocycles. The van der Waals surface area contributed by atoms with Gasteiger partial charge < -0.3 is 20.1 Å². The zero-order valence-electron chi connectivity index (χ0n) is 10.8. The lowest BCUT2D eigenvalue weighted by Gasteiger charge is -2.32. The van der Waals surface area contributed by atoms with E-state index in [0.717, 1.165) is 25.7 Å². The normalized spacial score (nSPS) is 20.8. The highest BCUT2D eigenvalue weighted by Gasteiger charge is 2.38. The van der Waals surface area contributed by atoms with Crippen molar-refractivity contribution in [2.75, 3.05) is 13.7 Å². The molecule has 0 bridgehead atoms. The lowest BCUT2D eigenvalue weighted by Crippen LogP contribution is -2.32. The molecule has 0 amide bonds. The van der Waals surface area contributed by atoms with Gasteiger partial charge in [0.1, 0.15) is 11.7 Å². The summed E-state index contributed by atoms with van der Waals surface area (Å²) >= 11 is 0. The molecule has 1 saturated carbocycles. The minimum Gasteiger partial charge on any atom is -0.383 e. The number of aliphatic hydroxyl groups is 1. The summed E-state index contributed by atoms with van der Waals surface area (Å²) in [4.78, 5) is 4.29. The van der Waals surface area contributed by atoms with E-state index in [9.17, 15) is 5.11 Å². The molecule has 2 rings (SSSR count). The Balaban J connectivity index is 2.16. The molecule has 1 aromatic heterocycles. The summed E-state index contributed by atoms with van der Waals surface area (Å²) in [5, 5.41) is 13.7. The van der Waals surface area contributed by atoms with Crippen LogP contribution >= 0.6 is 0 Å². The fourth-order valence-electron chi connectivity index (χ4n) is 2.48. The highest BCUT2D eigenvalue weighted by atomic mass is 16.5. The van der Waals surface area contributed by atoms with Crippen molar-refractivity contribution in [1.82, 2.24) is 10.1 Å². The van der Waals surface area contributed by atoms with Gasteiger partial charge in [0.15, 0.2) is 0 Å². The smallest absolute Gasteiger partial charge is 0.255 e. The van der Waals surface area contributed by atoms with Crippen LogP contribution in [0.2, 0.25) is 0 Å². The van der Waals surface area contributed by atoms with Gasteiger partial charge in [0.2, 0.25) is 5.82 Å². The van der Waals surface area contributed by atoms with Crippen LogP contribution in [-0.2, 0) is 10.3 Å². The van der Waals surface area contributed by atoms with Crippen LogP contribution in [0.15, 0.2) is 4.52 Å². The Kier molecular flexibility index (Phi) is 4.31. The van der Waals surface area contributed by atoms with Gasteiger partial charge in [-0.05, 0) is 25.8 Å². The van der Waals surface area contributed by atoms with Gasteiger partial charge in [0.05, 0.1) is 0 Å². The summed E-state index contributed by atoms with van der Waals surface area (Å²) in [6.45, 7) is 0.383. The average molecular weight is 255 g/mol. The van der Waals surface area contributed by atoms with E-state index in [4.69, 9.17) is 15.0 Å². The van der Waals surface area contributed by atoms with E-state index in [1.54, 1.807) is 7.11 Å². The van der Waals surface area contributed by atoms with Crippen LogP contribution in [0, 0.1) is 0 Å². The Bertz CT molecular complexity index is 374. The van der Waals surface area contributed by atoms with Crippen molar-refractivity contribution >= 4 is 0 Å². The van der Waals surface area contributed by atoms with E-state index < -0.39 is 11.7 Å². The fraction of sp³-hybridized carbons (Fsp3) is 0.833. The Hall–Kier alpha value is -0.980. The summed E-state index contributed by atoms with van der Waals surface area (Å²) in [5.74, 6) is 0.785. The van der Waals surface area contributed by atoms with Crippen molar-refractivity contribution in [3.8, 4) is 0 Å². The minimum atomic E-state index is -0.784. The molecule has 1 aliphatic rings. The van der Waals surface area contributed by atoms with Crippen LogP contribution in [0.5, 0.6) is 0 Å². The molecule has 3 N–H and O–H groups in total. The van der Waals surface area contributed by atoms with Crippen molar-refractivity contribution in [2.45, 2.75) is 50.2 Å². The third kappa shape index (κ3) is 2.55. The zero-order chi connectivity index (χ0) is 13.0. The molecule has 1 atom stereocenters. The van der Waals surface area contributed by atoms with E-state index in [1.165, 1.54) is 6.42 Å². The first-order chi connectivity index (χ1) is 8.72. The van der Waals surface area contributed by atoms with Gasteiger partial charge in [0, 0.05) is 7.11 Å². The van der Waals surface area contributed by atoms with E-state index in [-0.39, 0.29) is 5.89 Å². The standard InChI is InChI=1S/C12H21N3O3/c1-17-12(6-3-2-4-7-12)11-14-10(18-15-11)9(16)5-8-13/h9,16H,2-8,13H2,1H3/t9-/m0/s1. The predicted molar refractivity (Wildman–Crippen MR) is 64.7 cm³/mol. The number of hydrogen-bond donors (Lipinski definition) is 2. The molecule has 102 valence electrons. The van der Waals surface area contributed by atoms with Crippen LogP contribution in [0.3, 0.4) is 0 Å². The number of rotatable bonds is 5. The van der Waals surface area contributed by atoms with Gasteiger partial charge >= 0.3 is 0 Å². The van der Waals surface area contributed by atoms with Gasteiger partial charge in [-0.3, -0.25) is 0 Å². The molecule has 1 aliphatic carbocycles. The predicted octanol–water partition coefficient (Wildman–Crippen LogP) is 1.26. The van der Waals surface area contributed by atoms with Crippen LogP contribution in [0.25, 0.3) is 0 Å². The molecule has 18 heavy (non-hydrogen) atoms. The Morgan fingerprint density at radius 2 is 2.17 bits per heavy atom. The fourth-order valence-corrected chi connectivity index (χ4v) is 2.48. The minimum absolute atomic E-state index is 0.234. The quantitative estimate of drug-likeness (QED) is 0.822. The highest BCUT2D eigenvalue weighted by Crippen LogP contribution is 2.38. The SMILES string of the molecule is COC1(c2noc([C@@H](O)CCN)n2)CCCCC1. The van der Waals surface area contributed by atoms with Crippen molar-refractivity contribution < 1.29 is 14.4 Å². The van der Waals surface area contributed by atoms with Crippen LogP contribution < -0.4 is 5.73 Å². The van der Waals surface area contributed by atoms with Crippen molar-refractivity contribution in [2.24, 2.45) is 5.73 Å². The summed E-state index contributed by atoms with van der Waals surface area (Å²) in [7, 11) is 1.68. The van der Waals surface area contributed by atoms with Crippen molar-refractivity contribution in [3.63, 3.8) is 0 Å². The average Bonchev–Trinajstić information content (AvgIpc) is 2.90. The summed E-state index contributed by atoms with van der Waals surface area (Å²) in [5.41, 5.74) is 4.95. The summed E-state index contributed by atoms with van der Waals surface area (Å²) in [6.07, 6.45) is 4.85. The summed E-state index contributed by atoms with van der Waals surface area (Å²) < 4.78 is 10.7.